The molecule has 2 heterocycles. The van der Waals surface area contributed by atoms with Crippen molar-refractivity contribution in [1.29, 1.82) is 0 Å². The highest BCUT2D eigenvalue weighted by Crippen LogP contribution is 2.17. The van der Waals surface area contributed by atoms with Crippen LogP contribution < -0.4 is 10.2 Å². The molecule has 1 amide bonds. The molecule has 1 aromatic heterocycles. The van der Waals surface area contributed by atoms with E-state index in [1.165, 1.54) is 0 Å². The summed E-state index contributed by atoms with van der Waals surface area (Å²) in [6.07, 6.45) is 2.87. The summed E-state index contributed by atoms with van der Waals surface area (Å²) in [7, 11) is 3.79. The van der Waals surface area contributed by atoms with E-state index < -0.39 is 0 Å². The molecule has 1 atom stereocenters. The lowest BCUT2D eigenvalue weighted by Crippen LogP contribution is -2.34. The van der Waals surface area contributed by atoms with Crippen LogP contribution in [0.2, 0.25) is 0 Å². The fourth-order valence-electron chi connectivity index (χ4n) is 2.19. The summed E-state index contributed by atoms with van der Waals surface area (Å²) in [5.74, 6) is 1.04. The third kappa shape index (κ3) is 3.23. The van der Waals surface area contributed by atoms with E-state index in [0.29, 0.717) is 12.6 Å². The van der Waals surface area contributed by atoms with Gasteiger partial charge in [0.05, 0.1) is 6.54 Å². The van der Waals surface area contributed by atoms with E-state index >= 15 is 0 Å². The number of likely N-dealkylation sites (N-methyl/N-ethyl adjacent to an activating group) is 1. The molecule has 1 aliphatic rings. The first kappa shape index (κ1) is 13.8. The van der Waals surface area contributed by atoms with Crippen LogP contribution in [0.3, 0.4) is 0 Å². The molecule has 0 aliphatic carbocycles. The van der Waals surface area contributed by atoms with E-state index in [1.807, 2.05) is 26.4 Å². The minimum absolute atomic E-state index is 0.159. The average molecular weight is 262 g/mol. The van der Waals surface area contributed by atoms with Crippen molar-refractivity contribution < 1.29 is 4.79 Å². The van der Waals surface area contributed by atoms with Crippen molar-refractivity contribution in [3.8, 4) is 0 Å². The average Bonchev–Trinajstić information content (AvgIpc) is 2.60. The summed E-state index contributed by atoms with van der Waals surface area (Å²) in [6, 6.07) is 4.36. The number of aromatic nitrogens is 1. The van der Waals surface area contributed by atoms with Crippen LogP contribution in [-0.2, 0) is 4.79 Å². The zero-order valence-electron chi connectivity index (χ0n) is 11.9. The van der Waals surface area contributed by atoms with Crippen molar-refractivity contribution >= 4 is 11.7 Å². The molecule has 0 aromatic carbocycles. The van der Waals surface area contributed by atoms with Crippen LogP contribution in [0.5, 0.6) is 0 Å². The van der Waals surface area contributed by atoms with Crippen LogP contribution in [0.15, 0.2) is 18.3 Å². The lowest BCUT2D eigenvalue weighted by Gasteiger charge is -2.21. The van der Waals surface area contributed by atoms with E-state index in [1.54, 1.807) is 4.90 Å². The van der Waals surface area contributed by atoms with Gasteiger partial charge in [-0.25, -0.2) is 4.98 Å². The van der Waals surface area contributed by atoms with Crippen molar-refractivity contribution in [2.24, 2.45) is 0 Å². The van der Waals surface area contributed by atoms with Gasteiger partial charge in [-0.15, -0.1) is 0 Å². The summed E-state index contributed by atoms with van der Waals surface area (Å²) in [5, 5.41) is 3.19. The molecule has 5 heteroatoms. The quantitative estimate of drug-likeness (QED) is 0.884. The first-order valence-corrected chi connectivity index (χ1v) is 6.74. The van der Waals surface area contributed by atoms with E-state index in [-0.39, 0.29) is 5.91 Å². The molecule has 1 saturated heterocycles. The second kappa shape index (κ2) is 6.02. The Bertz CT molecular complexity index is 432. The standard InChI is InChI=1S/C14H22N4O/c1-11(15-2)12-5-6-13(16-9-12)18-8-4-7-17(3)14(19)10-18/h5-6,9,11,15H,4,7-8,10H2,1-3H3. The second-order valence-corrected chi connectivity index (χ2v) is 5.05. The Balaban J connectivity index is 2.11. The van der Waals surface area contributed by atoms with Gasteiger partial charge in [0.15, 0.2) is 0 Å². The van der Waals surface area contributed by atoms with Crippen LogP contribution in [0.25, 0.3) is 0 Å². The van der Waals surface area contributed by atoms with Gasteiger partial charge in [0.25, 0.3) is 0 Å². The molecule has 2 rings (SSSR count). The zero-order valence-corrected chi connectivity index (χ0v) is 11.9. The molecule has 0 saturated carbocycles. The van der Waals surface area contributed by atoms with Crippen molar-refractivity contribution in [3.63, 3.8) is 0 Å². The van der Waals surface area contributed by atoms with Crippen molar-refractivity contribution in [1.82, 2.24) is 15.2 Å². The summed E-state index contributed by atoms with van der Waals surface area (Å²) in [6.45, 7) is 4.22. The van der Waals surface area contributed by atoms with E-state index in [9.17, 15) is 4.79 Å². The number of nitrogens with one attached hydrogen (secondary N) is 1. The highest BCUT2D eigenvalue weighted by molar-refractivity contribution is 5.81. The predicted octanol–water partition coefficient (Wildman–Crippen LogP) is 1.03. The number of hydrogen-bond acceptors (Lipinski definition) is 4. The summed E-state index contributed by atoms with van der Waals surface area (Å²) in [4.78, 5) is 20.2. The van der Waals surface area contributed by atoms with Crippen LogP contribution in [0.1, 0.15) is 24.9 Å². The third-order valence-electron chi connectivity index (χ3n) is 3.70. The number of carbonyl (C=O) groups is 1. The number of nitrogens with zero attached hydrogens (tertiary/aromatic N) is 3. The molecule has 1 aromatic rings. The van der Waals surface area contributed by atoms with Gasteiger partial charge >= 0.3 is 0 Å². The van der Waals surface area contributed by atoms with E-state index in [2.05, 4.69) is 28.2 Å². The molecule has 0 radical (unpaired) electrons. The van der Waals surface area contributed by atoms with E-state index in [4.69, 9.17) is 0 Å². The molecule has 19 heavy (non-hydrogen) atoms. The number of rotatable bonds is 3. The van der Waals surface area contributed by atoms with Gasteiger partial charge in [-0.2, -0.15) is 0 Å². The smallest absolute Gasteiger partial charge is 0.241 e. The SMILES string of the molecule is CNC(C)c1ccc(N2CCCN(C)C(=O)C2)nc1. The van der Waals surface area contributed by atoms with Gasteiger partial charge in [-0.3, -0.25) is 4.79 Å². The summed E-state index contributed by atoms with van der Waals surface area (Å²) in [5.41, 5.74) is 1.16. The number of carbonyl (C=O) groups excluding carboxylic acids is 1. The fourth-order valence-corrected chi connectivity index (χ4v) is 2.19. The van der Waals surface area contributed by atoms with Crippen molar-refractivity contribution in [2.75, 3.05) is 38.6 Å². The Morgan fingerprint density at radius 1 is 1.37 bits per heavy atom. The first-order valence-electron chi connectivity index (χ1n) is 6.74. The number of amides is 1. The van der Waals surface area contributed by atoms with Crippen LogP contribution in [-0.4, -0.2) is 49.5 Å². The lowest BCUT2D eigenvalue weighted by molar-refractivity contribution is -0.127. The van der Waals surface area contributed by atoms with Gasteiger partial charge < -0.3 is 15.1 Å². The van der Waals surface area contributed by atoms with Gasteiger partial charge in [0.1, 0.15) is 5.82 Å². The Morgan fingerprint density at radius 3 is 2.79 bits per heavy atom. The molecule has 1 N–H and O–H groups in total. The van der Waals surface area contributed by atoms with Crippen LogP contribution in [0, 0.1) is 0 Å². The Morgan fingerprint density at radius 2 is 2.16 bits per heavy atom. The zero-order chi connectivity index (χ0) is 13.8. The lowest BCUT2D eigenvalue weighted by atomic mass is 10.1. The van der Waals surface area contributed by atoms with Crippen molar-refractivity contribution in [3.05, 3.63) is 23.9 Å². The molecule has 1 fully saturated rings. The number of hydrogen-bond donors (Lipinski definition) is 1. The molecular formula is C14H22N4O. The molecular weight excluding hydrogens is 240 g/mol. The predicted molar refractivity (Wildman–Crippen MR) is 76.2 cm³/mol. The number of anilines is 1. The van der Waals surface area contributed by atoms with E-state index in [0.717, 1.165) is 30.9 Å². The Kier molecular flexibility index (Phi) is 4.37. The minimum Gasteiger partial charge on any atom is -0.347 e. The number of pyridine rings is 1. The highest BCUT2D eigenvalue weighted by atomic mass is 16.2. The molecule has 104 valence electrons. The summed E-state index contributed by atoms with van der Waals surface area (Å²) >= 11 is 0. The molecule has 5 nitrogen and oxygen atoms in total. The topological polar surface area (TPSA) is 48.5 Å². The van der Waals surface area contributed by atoms with Crippen molar-refractivity contribution in [2.45, 2.75) is 19.4 Å². The molecule has 1 unspecified atom stereocenters. The third-order valence-corrected chi connectivity index (χ3v) is 3.70. The first-order chi connectivity index (χ1) is 9.11. The maximum atomic E-state index is 11.9. The second-order valence-electron chi connectivity index (χ2n) is 5.05. The fraction of sp³-hybridized carbons (Fsp3) is 0.571. The Hall–Kier alpha value is -1.62. The van der Waals surface area contributed by atoms with Gasteiger partial charge in [-0.1, -0.05) is 6.07 Å². The highest BCUT2D eigenvalue weighted by Gasteiger charge is 2.19. The Labute approximate surface area is 114 Å². The van der Waals surface area contributed by atoms with Gasteiger partial charge in [-0.05, 0) is 32.0 Å². The van der Waals surface area contributed by atoms with Crippen LogP contribution >= 0.6 is 0 Å². The largest absolute Gasteiger partial charge is 0.347 e. The monoisotopic (exact) mass is 262 g/mol. The molecule has 0 bridgehead atoms. The van der Waals surface area contributed by atoms with Crippen LogP contribution in [0.4, 0.5) is 5.82 Å². The molecule has 0 spiro atoms. The maximum absolute atomic E-state index is 11.9. The maximum Gasteiger partial charge on any atom is 0.241 e. The van der Waals surface area contributed by atoms with Gasteiger partial charge in [0.2, 0.25) is 5.91 Å². The minimum atomic E-state index is 0.159. The summed E-state index contributed by atoms with van der Waals surface area (Å²) < 4.78 is 0. The van der Waals surface area contributed by atoms with Gasteiger partial charge in [0, 0.05) is 32.4 Å². The molecule has 1 aliphatic heterocycles. The normalized spacial score (nSPS) is 18.4.